The second-order valence-corrected chi connectivity index (χ2v) is 6.68. The van der Waals surface area contributed by atoms with E-state index in [1.165, 1.54) is 52.1 Å². The number of piperazine rings is 1. The normalized spacial score (nSPS) is 29.7. The molecule has 0 N–H and O–H groups in total. The van der Waals surface area contributed by atoms with E-state index in [-0.39, 0.29) is 0 Å². The lowest BCUT2D eigenvalue weighted by Crippen LogP contribution is -2.53. The first-order chi connectivity index (χ1) is 8.98. The highest BCUT2D eigenvalue weighted by Crippen LogP contribution is 2.31. The highest BCUT2D eigenvalue weighted by atomic mass is 15.3. The maximum Gasteiger partial charge on any atom is 0.0192 e. The van der Waals surface area contributed by atoms with Crippen molar-refractivity contribution in [3.8, 4) is 0 Å². The zero-order chi connectivity index (χ0) is 14.5. The molecular weight excluding hydrogens is 234 g/mol. The Morgan fingerprint density at radius 3 is 2.11 bits per heavy atom. The molecule has 3 nitrogen and oxygen atoms in total. The fourth-order valence-electron chi connectivity index (χ4n) is 3.12. The van der Waals surface area contributed by atoms with Gasteiger partial charge in [0.1, 0.15) is 0 Å². The van der Waals surface area contributed by atoms with E-state index in [0.717, 1.165) is 6.04 Å². The van der Waals surface area contributed by atoms with Crippen LogP contribution in [0.5, 0.6) is 0 Å². The number of likely N-dealkylation sites (N-methyl/N-ethyl adjacent to an activating group) is 1. The number of likely N-dealkylation sites (tertiary alicyclic amines) is 1. The summed E-state index contributed by atoms with van der Waals surface area (Å²) in [5.74, 6) is 0. The van der Waals surface area contributed by atoms with Crippen molar-refractivity contribution in [3.05, 3.63) is 0 Å². The fraction of sp³-hybridized carbons (Fsp3) is 1.00. The maximum absolute atomic E-state index is 2.69. The van der Waals surface area contributed by atoms with Crippen LogP contribution >= 0.6 is 0 Å². The van der Waals surface area contributed by atoms with E-state index in [9.17, 15) is 0 Å². The first kappa shape index (κ1) is 16.9. The second kappa shape index (κ2) is 7.61. The van der Waals surface area contributed by atoms with E-state index in [1.54, 1.807) is 0 Å². The average Bonchev–Trinajstić information content (AvgIpc) is 2.40. The van der Waals surface area contributed by atoms with Crippen LogP contribution in [0.25, 0.3) is 0 Å². The molecule has 114 valence electrons. The molecule has 2 rings (SSSR count). The summed E-state index contributed by atoms with van der Waals surface area (Å²) in [5.41, 5.74) is 0.558. The standard InChI is InChI=1S/C14H29N3.C2H6/c1-13-11-17(10-9-16(13)4)12-14(2)5-7-15(3)8-6-14;1-2/h13H,5-12H2,1-4H3;1-2H3. The van der Waals surface area contributed by atoms with Crippen molar-refractivity contribution < 1.29 is 0 Å². The highest BCUT2D eigenvalue weighted by Gasteiger charge is 2.32. The van der Waals surface area contributed by atoms with Crippen LogP contribution < -0.4 is 0 Å². The third kappa shape index (κ3) is 5.05. The van der Waals surface area contributed by atoms with Gasteiger partial charge in [-0.3, -0.25) is 4.90 Å². The van der Waals surface area contributed by atoms with Crippen molar-refractivity contribution in [3.63, 3.8) is 0 Å². The fourth-order valence-corrected chi connectivity index (χ4v) is 3.12. The molecule has 0 saturated carbocycles. The Bertz CT molecular complexity index is 246. The van der Waals surface area contributed by atoms with Crippen LogP contribution in [0.3, 0.4) is 0 Å². The number of nitrogens with zero attached hydrogens (tertiary/aromatic N) is 3. The van der Waals surface area contributed by atoms with Gasteiger partial charge in [0.05, 0.1) is 0 Å². The van der Waals surface area contributed by atoms with Crippen LogP contribution in [0.1, 0.15) is 40.5 Å². The summed E-state index contributed by atoms with van der Waals surface area (Å²) in [6.45, 7) is 16.4. The van der Waals surface area contributed by atoms with Gasteiger partial charge in [0.25, 0.3) is 0 Å². The summed E-state index contributed by atoms with van der Waals surface area (Å²) < 4.78 is 0. The third-order valence-corrected chi connectivity index (χ3v) is 4.84. The molecule has 2 fully saturated rings. The molecule has 0 aromatic rings. The molecule has 0 aromatic heterocycles. The van der Waals surface area contributed by atoms with Crippen LogP contribution in [0.15, 0.2) is 0 Å². The summed E-state index contributed by atoms with van der Waals surface area (Å²) in [6, 6.07) is 0.721. The Balaban J connectivity index is 0.000000861. The molecule has 19 heavy (non-hydrogen) atoms. The zero-order valence-electron chi connectivity index (χ0n) is 14.1. The van der Waals surface area contributed by atoms with Crippen molar-refractivity contribution in [1.29, 1.82) is 0 Å². The molecule has 3 heteroatoms. The largest absolute Gasteiger partial charge is 0.306 e. The minimum absolute atomic E-state index is 0.558. The van der Waals surface area contributed by atoms with E-state index in [2.05, 4.69) is 42.6 Å². The van der Waals surface area contributed by atoms with Gasteiger partial charge in [-0.25, -0.2) is 0 Å². The third-order valence-electron chi connectivity index (χ3n) is 4.84. The van der Waals surface area contributed by atoms with Gasteiger partial charge in [0.2, 0.25) is 0 Å². The smallest absolute Gasteiger partial charge is 0.0192 e. The summed E-state index contributed by atoms with van der Waals surface area (Å²) in [4.78, 5) is 7.64. The quantitative estimate of drug-likeness (QED) is 0.762. The molecule has 2 aliphatic rings. The second-order valence-electron chi connectivity index (χ2n) is 6.68. The Hall–Kier alpha value is -0.120. The lowest BCUT2D eigenvalue weighted by atomic mass is 9.80. The Morgan fingerprint density at radius 1 is 1.00 bits per heavy atom. The number of hydrogen-bond donors (Lipinski definition) is 0. The van der Waals surface area contributed by atoms with Crippen molar-refractivity contribution in [2.45, 2.75) is 46.6 Å². The van der Waals surface area contributed by atoms with Crippen molar-refractivity contribution in [1.82, 2.24) is 14.7 Å². The first-order valence-electron chi connectivity index (χ1n) is 8.10. The minimum Gasteiger partial charge on any atom is -0.306 e. The Morgan fingerprint density at radius 2 is 1.58 bits per heavy atom. The molecule has 2 aliphatic heterocycles. The molecule has 1 unspecified atom stereocenters. The van der Waals surface area contributed by atoms with Gasteiger partial charge >= 0.3 is 0 Å². The van der Waals surface area contributed by atoms with Gasteiger partial charge in [0, 0.05) is 32.2 Å². The summed E-state index contributed by atoms with van der Waals surface area (Å²) in [7, 11) is 4.50. The Labute approximate surface area is 120 Å². The molecule has 0 amide bonds. The molecule has 0 bridgehead atoms. The summed E-state index contributed by atoms with van der Waals surface area (Å²) in [5, 5.41) is 0. The van der Waals surface area contributed by atoms with E-state index in [0.29, 0.717) is 5.41 Å². The SMILES string of the molecule is CC.CC1CN(CC2(C)CCN(C)CC2)CCN1C. The van der Waals surface area contributed by atoms with E-state index < -0.39 is 0 Å². The van der Waals surface area contributed by atoms with Crippen LogP contribution in [0.2, 0.25) is 0 Å². The molecule has 1 atom stereocenters. The summed E-state index contributed by atoms with van der Waals surface area (Å²) in [6.07, 6.45) is 2.73. The molecule has 0 aromatic carbocycles. The topological polar surface area (TPSA) is 9.72 Å². The number of piperidine rings is 1. The minimum atomic E-state index is 0.558. The van der Waals surface area contributed by atoms with Crippen molar-refractivity contribution >= 4 is 0 Å². The maximum atomic E-state index is 2.69. The monoisotopic (exact) mass is 269 g/mol. The molecule has 2 heterocycles. The molecular formula is C16H35N3. The van der Waals surface area contributed by atoms with Crippen LogP contribution in [-0.2, 0) is 0 Å². The molecule has 0 aliphatic carbocycles. The van der Waals surface area contributed by atoms with Gasteiger partial charge in [-0.2, -0.15) is 0 Å². The molecule has 0 radical (unpaired) electrons. The lowest BCUT2D eigenvalue weighted by Gasteiger charge is -2.45. The van der Waals surface area contributed by atoms with Gasteiger partial charge in [-0.1, -0.05) is 20.8 Å². The molecule has 2 saturated heterocycles. The lowest BCUT2D eigenvalue weighted by molar-refractivity contribution is 0.0423. The van der Waals surface area contributed by atoms with Gasteiger partial charge in [-0.05, 0) is 52.4 Å². The zero-order valence-corrected chi connectivity index (χ0v) is 14.1. The van der Waals surface area contributed by atoms with Crippen molar-refractivity contribution in [2.24, 2.45) is 5.41 Å². The number of hydrogen-bond acceptors (Lipinski definition) is 3. The summed E-state index contributed by atoms with van der Waals surface area (Å²) >= 11 is 0. The predicted molar refractivity (Wildman–Crippen MR) is 84.7 cm³/mol. The van der Waals surface area contributed by atoms with Crippen LogP contribution in [0, 0.1) is 5.41 Å². The highest BCUT2D eigenvalue weighted by molar-refractivity contribution is 4.87. The average molecular weight is 269 g/mol. The van der Waals surface area contributed by atoms with Gasteiger partial charge < -0.3 is 9.80 Å². The predicted octanol–water partition coefficient (Wildman–Crippen LogP) is 2.38. The first-order valence-corrected chi connectivity index (χ1v) is 8.10. The van der Waals surface area contributed by atoms with E-state index in [4.69, 9.17) is 0 Å². The van der Waals surface area contributed by atoms with Crippen LogP contribution in [0.4, 0.5) is 0 Å². The van der Waals surface area contributed by atoms with Gasteiger partial charge in [-0.15, -0.1) is 0 Å². The van der Waals surface area contributed by atoms with Crippen molar-refractivity contribution in [2.75, 3.05) is 53.4 Å². The van der Waals surface area contributed by atoms with Gasteiger partial charge in [0.15, 0.2) is 0 Å². The Kier molecular flexibility index (Phi) is 6.78. The number of rotatable bonds is 2. The van der Waals surface area contributed by atoms with Crippen LogP contribution in [-0.4, -0.2) is 74.1 Å². The molecule has 0 spiro atoms. The van der Waals surface area contributed by atoms with E-state index in [1.807, 2.05) is 13.8 Å². The van der Waals surface area contributed by atoms with E-state index >= 15 is 0 Å².